The highest BCUT2D eigenvalue weighted by Crippen LogP contribution is 2.25. The van der Waals surface area contributed by atoms with Crippen molar-refractivity contribution >= 4 is 22.2 Å². The van der Waals surface area contributed by atoms with Gasteiger partial charge in [0.15, 0.2) is 0 Å². The maximum absolute atomic E-state index is 12.3. The molecular weight excluding hydrogens is 366 g/mol. The van der Waals surface area contributed by atoms with Crippen LogP contribution in [0.3, 0.4) is 0 Å². The maximum Gasteiger partial charge on any atom is 0.341 e. The summed E-state index contributed by atoms with van der Waals surface area (Å²) < 4.78 is 33.9. The van der Waals surface area contributed by atoms with Crippen LogP contribution < -0.4 is 4.18 Å². The summed E-state index contributed by atoms with van der Waals surface area (Å²) >= 11 is 0. The number of esters is 1. The topological polar surface area (TPSA) is 133 Å². The van der Waals surface area contributed by atoms with Crippen molar-refractivity contribution in [3.05, 3.63) is 69.9 Å². The number of aromatic hydroxyl groups is 1. The summed E-state index contributed by atoms with van der Waals surface area (Å²) in [6.07, 6.45) is 1.99. The van der Waals surface area contributed by atoms with Crippen molar-refractivity contribution < 1.29 is 32.2 Å². The van der Waals surface area contributed by atoms with Gasteiger partial charge >= 0.3 is 16.1 Å². The number of hydrogen-bond donors (Lipinski definition) is 1. The van der Waals surface area contributed by atoms with E-state index in [0.717, 1.165) is 31.5 Å². The number of phenolic OH excluding ortho intramolecular Hbond substituents is 1. The van der Waals surface area contributed by atoms with E-state index in [1.807, 2.05) is 0 Å². The Morgan fingerprint density at radius 1 is 1.19 bits per heavy atom. The summed E-state index contributed by atoms with van der Waals surface area (Å²) in [5.74, 6) is -1.41. The molecule has 0 amide bonds. The number of nitro groups is 1. The quantitative estimate of drug-likeness (QED) is 0.349. The van der Waals surface area contributed by atoms with Gasteiger partial charge in [-0.2, -0.15) is 8.42 Å². The van der Waals surface area contributed by atoms with Crippen LogP contribution in [-0.2, 0) is 14.9 Å². The third kappa shape index (κ3) is 4.57. The SMILES string of the molecule is COC(=O)c1ccc(S(=O)(=O)Oc2ccc(/C=C/[N+](=O)[O-])cc2)cc1O. The molecule has 0 unspecified atom stereocenters. The number of carbonyl (C=O) groups is 1. The fourth-order valence-corrected chi connectivity index (χ4v) is 2.86. The Morgan fingerprint density at radius 3 is 2.38 bits per heavy atom. The lowest BCUT2D eigenvalue weighted by Crippen LogP contribution is -2.10. The highest BCUT2D eigenvalue weighted by atomic mass is 32.2. The number of phenols is 1. The van der Waals surface area contributed by atoms with Crippen LogP contribution in [0.4, 0.5) is 0 Å². The third-order valence-electron chi connectivity index (χ3n) is 3.14. The molecule has 0 aliphatic rings. The number of methoxy groups -OCH3 is 1. The smallest absolute Gasteiger partial charge is 0.341 e. The standard InChI is InChI=1S/C16H13NO8S/c1-24-16(19)14-7-6-13(10-15(14)18)26(22,23)25-12-4-2-11(3-5-12)8-9-17(20)21/h2-10,18H,1H3/b9-8+. The number of hydrogen-bond acceptors (Lipinski definition) is 8. The lowest BCUT2D eigenvalue weighted by molar-refractivity contribution is -0.400. The van der Waals surface area contributed by atoms with E-state index in [2.05, 4.69) is 4.74 Å². The second-order valence-electron chi connectivity index (χ2n) is 4.88. The second kappa shape index (κ2) is 7.66. The van der Waals surface area contributed by atoms with Gasteiger partial charge in [-0.25, -0.2) is 4.79 Å². The molecule has 0 saturated carbocycles. The van der Waals surface area contributed by atoms with Gasteiger partial charge in [-0.3, -0.25) is 10.1 Å². The van der Waals surface area contributed by atoms with Crippen molar-refractivity contribution in [1.29, 1.82) is 0 Å². The molecule has 2 aromatic carbocycles. The van der Waals surface area contributed by atoms with Crippen molar-refractivity contribution in [2.24, 2.45) is 0 Å². The van der Waals surface area contributed by atoms with Gasteiger partial charge in [0.1, 0.15) is 22.0 Å². The first-order chi connectivity index (χ1) is 12.2. The van der Waals surface area contributed by atoms with Gasteiger partial charge in [0.2, 0.25) is 6.20 Å². The molecule has 10 heteroatoms. The number of nitrogens with zero attached hydrogens (tertiary/aromatic N) is 1. The maximum atomic E-state index is 12.3. The van der Waals surface area contributed by atoms with Crippen molar-refractivity contribution in [1.82, 2.24) is 0 Å². The summed E-state index contributed by atoms with van der Waals surface area (Å²) in [6, 6.07) is 8.57. The van der Waals surface area contributed by atoms with Gasteiger partial charge in [0.25, 0.3) is 0 Å². The lowest BCUT2D eigenvalue weighted by atomic mass is 10.2. The molecule has 0 fully saturated rings. The minimum absolute atomic E-state index is 0.0280. The zero-order valence-corrected chi connectivity index (χ0v) is 14.2. The molecule has 0 heterocycles. The number of carbonyl (C=O) groups excluding carboxylic acids is 1. The first kappa shape index (κ1) is 18.9. The van der Waals surface area contributed by atoms with Crippen LogP contribution >= 0.6 is 0 Å². The Bertz CT molecular complexity index is 964. The Morgan fingerprint density at radius 2 is 1.85 bits per heavy atom. The molecule has 136 valence electrons. The van der Waals surface area contributed by atoms with E-state index in [1.165, 1.54) is 30.3 Å². The molecule has 26 heavy (non-hydrogen) atoms. The molecule has 0 bridgehead atoms. The van der Waals surface area contributed by atoms with Gasteiger partial charge < -0.3 is 14.0 Å². The van der Waals surface area contributed by atoms with E-state index < -0.39 is 26.8 Å². The van der Waals surface area contributed by atoms with E-state index in [4.69, 9.17) is 4.18 Å². The van der Waals surface area contributed by atoms with E-state index in [9.17, 15) is 28.4 Å². The van der Waals surface area contributed by atoms with Gasteiger partial charge in [-0.1, -0.05) is 12.1 Å². The normalized spacial score (nSPS) is 11.3. The van der Waals surface area contributed by atoms with Crippen LogP contribution in [0.5, 0.6) is 11.5 Å². The zero-order valence-electron chi connectivity index (χ0n) is 13.4. The molecule has 0 aliphatic carbocycles. The van der Waals surface area contributed by atoms with Gasteiger partial charge in [0.05, 0.1) is 12.0 Å². The molecule has 9 nitrogen and oxygen atoms in total. The molecule has 0 aromatic heterocycles. The van der Waals surface area contributed by atoms with Gasteiger partial charge in [-0.15, -0.1) is 0 Å². The predicted molar refractivity (Wildman–Crippen MR) is 89.7 cm³/mol. The molecular formula is C16H13NO8S. The fraction of sp³-hybridized carbons (Fsp3) is 0.0625. The predicted octanol–water partition coefficient (Wildman–Crippen LogP) is 2.19. The Kier molecular flexibility index (Phi) is 5.58. The lowest BCUT2D eigenvalue weighted by Gasteiger charge is -2.09. The van der Waals surface area contributed by atoms with Gasteiger partial charge in [0, 0.05) is 12.1 Å². The van der Waals surface area contributed by atoms with Crippen molar-refractivity contribution in [2.45, 2.75) is 4.90 Å². The van der Waals surface area contributed by atoms with Crippen molar-refractivity contribution in [3.63, 3.8) is 0 Å². The Hall–Kier alpha value is -3.40. The molecule has 0 saturated heterocycles. The number of benzene rings is 2. The van der Waals surface area contributed by atoms with Crippen molar-refractivity contribution in [3.8, 4) is 11.5 Å². The highest BCUT2D eigenvalue weighted by Gasteiger charge is 2.20. The molecule has 0 spiro atoms. The third-order valence-corrected chi connectivity index (χ3v) is 4.38. The van der Waals surface area contributed by atoms with Crippen LogP contribution in [-0.4, -0.2) is 31.5 Å². The summed E-state index contributed by atoms with van der Waals surface area (Å²) in [4.78, 5) is 20.7. The van der Waals surface area contributed by atoms with Crippen LogP contribution in [0.25, 0.3) is 6.08 Å². The summed E-state index contributed by atoms with van der Waals surface area (Å²) in [5, 5.41) is 20.0. The number of rotatable bonds is 6. The van der Waals surface area contributed by atoms with E-state index >= 15 is 0 Å². The summed E-state index contributed by atoms with van der Waals surface area (Å²) in [5.41, 5.74) is 0.292. The summed E-state index contributed by atoms with van der Waals surface area (Å²) in [6.45, 7) is 0. The average Bonchev–Trinajstić information content (AvgIpc) is 2.60. The second-order valence-corrected chi connectivity index (χ2v) is 6.42. The van der Waals surface area contributed by atoms with Crippen LogP contribution in [0, 0.1) is 10.1 Å². The van der Waals surface area contributed by atoms with Crippen LogP contribution in [0.2, 0.25) is 0 Å². The first-order valence-electron chi connectivity index (χ1n) is 7.00. The monoisotopic (exact) mass is 379 g/mol. The van der Waals surface area contributed by atoms with Crippen LogP contribution in [0.15, 0.2) is 53.6 Å². The van der Waals surface area contributed by atoms with E-state index in [0.29, 0.717) is 5.56 Å². The minimum atomic E-state index is -4.26. The average molecular weight is 379 g/mol. The molecule has 0 aliphatic heterocycles. The van der Waals surface area contributed by atoms with E-state index in [-0.39, 0.29) is 16.2 Å². The fourth-order valence-electron chi connectivity index (χ4n) is 1.91. The summed E-state index contributed by atoms with van der Waals surface area (Å²) in [7, 11) is -3.14. The van der Waals surface area contributed by atoms with Crippen molar-refractivity contribution in [2.75, 3.05) is 7.11 Å². The first-order valence-corrected chi connectivity index (χ1v) is 8.41. The highest BCUT2D eigenvalue weighted by molar-refractivity contribution is 7.87. The zero-order chi connectivity index (χ0) is 19.3. The minimum Gasteiger partial charge on any atom is -0.507 e. The molecule has 0 radical (unpaired) electrons. The molecule has 2 aromatic rings. The largest absolute Gasteiger partial charge is 0.507 e. The van der Waals surface area contributed by atoms with Crippen LogP contribution in [0.1, 0.15) is 15.9 Å². The van der Waals surface area contributed by atoms with E-state index in [1.54, 1.807) is 0 Å². The Balaban J connectivity index is 2.22. The van der Waals surface area contributed by atoms with Gasteiger partial charge in [-0.05, 0) is 29.8 Å². The Labute approximate surface area is 148 Å². The number of ether oxygens (including phenoxy) is 1. The molecule has 1 N–H and O–H groups in total. The molecule has 0 atom stereocenters. The molecule has 2 rings (SSSR count).